The predicted molar refractivity (Wildman–Crippen MR) is 80.2 cm³/mol. The van der Waals surface area contributed by atoms with E-state index in [4.69, 9.17) is 17.3 Å². The van der Waals surface area contributed by atoms with E-state index in [1.807, 2.05) is 0 Å². The van der Waals surface area contributed by atoms with Gasteiger partial charge in [0.25, 0.3) is 5.91 Å². The summed E-state index contributed by atoms with van der Waals surface area (Å²) in [5, 5.41) is 5.16. The Kier molecular flexibility index (Phi) is 6.13. The summed E-state index contributed by atoms with van der Waals surface area (Å²) >= 11 is 5.97. The average molecular weight is 313 g/mol. The zero-order valence-corrected chi connectivity index (χ0v) is 12.5. The molecule has 1 aromatic rings. The van der Waals surface area contributed by atoms with E-state index in [1.165, 1.54) is 17.0 Å². The van der Waals surface area contributed by atoms with Crippen LogP contribution in [-0.4, -0.2) is 49.8 Å². The van der Waals surface area contributed by atoms with Gasteiger partial charge in [-0.2, -0.15) is 0 Å². The molecule has 7 nitrogen and oxygen atoms in total. The van der Waals surface area contributed by atoms with E-state index in [9.17, 15) is 14.4 Å². The molecule has 1 rings (SSSR count). The van der Waals surface area contributed by atoms with Gasteiger partial charge >= 0.3 is 0 Å². The van der Waals surface area contributed by atoms with Crippen molar-refractivity contribution in [1.82, 2.24) is 10.2 Å². The van der Waals surface area contributed by atoms with Crippen molar-refractivity contribution in [3.05, 3.63) is 28.8 Å². The highest BCUT2D eigenvalue weighted by Crippen LogP contribution is 2.23. The maximum Gasteiger partial charge on any atom is 0.253 e. The molecule has 0 aliphatic heterocycles. The van der Waals surface area contributed by atoms with E-state index in [2.05, 4.69) is 10.6 Å². The normalized spacial score (nSPS) is 9.90. The van der Waals surface area contributed by atoms with Crippen LogP contribution in [0.2, 0.25) is 5.02 Å². The molecule has 0 atom stereocenters. The van der Waals surface area contributed by atoms with Gasteiger partial charge in [-0.3, -0.25) is 14.4 Å². The molecule has 0 saturated heterocycles. The smallest absolute Gasteiger partial charge is 0.253 e. The van der Waals surface area contributed by atoms with Gasteiger partial charge in [-0.15, -0.1) is 0 Å². The van der Waals surface area contributed by atoms with Gasteiger partial charge in [0.15, 0.2) is 0 Å². The number of benzene rings is 1. The lowest BCUT2D eigenvalue weighted by molar-refractivity contribution is -0.123. The van der Waals surface area contributed by atoms with E-state index in [-0.39, 0.29) is 19.0 Å². The minimum absolute atomic E-state index is 0.194. The third kappa shape index (κ3) is 5.05. The van der Waals surface area contributed by atoms with Crippen LogP contribution < -0.4 is 16.4 Å². The zero-order valence-electron chi connectivity index (χ0n) is 11.8. The van der Waals surface area contributed by atoms with Gasteiger partial charge in [-0.05, 0) is 18.2 Å². The first-order chi connectivity index (χ1) is 9.85. The molecule has 0 unspecified atom stereocenters. The number of halogens is 1. The summed E-state index contributed by atoms with van der Waals surface area (Å²) in [6, 6.07) is 4.57. The van der Waals surface area contributed by atoms with Crippen LogP contribution in [0.3, 0.4) is 0 Å². The average Bonchev–Trinajstić information content (AvgIpc) is 2.46. The second kappa shape index (κ2) is 7.61. The Labute approximate surface area is 127 Å². The molecule has 0 aliphatic rings. The van der Waals surface area contributed by atoms with Crippen LogP contribution in [0.1, 0.15) is 10.4 Å². The zero-order chi connectivity index (χ0) is 16.0. The maximum atomic E-state index is 11.8. The molecule has 0 bridgehead atoms. The molecule has 1 aromatic carbocycles. The number of nitrogens with zero attached hydrogens (tertiary/aromatic N) is 1. The quantitative estimate of drug-likeness (QED) is 0.714. The molecular formula is C13H17ClN4O3. The molecule has 0 heterocycles. The molecule has 8 heteroatoms. The summed E-state index contributed by atoms with van der Waals surface area (Å²) in [6.45, 7) is -0.418. The van der Waals surface area contributed by atoms with Gasteiger partial charge in [0.05, 0.1) is 23.8 Å². The summed E-state index contributed by atoms with van der Waals surface area (Å²) in [7, 11) is 3.25. The standard InChI is InChI=1S/C13H17ClN4O3/c1-18(2)13(21)8-3-4-9(14)10(5-8)17-12(20)7-16-11(19)6-15/h3-5H,6-7,15H2,1-2H3,(H,16,19)(H,17,20). The Morgan fingerprint density at radius 2 is 1.90 bits per heavy atom. The summed E-state index contributed by atoms with van der Waals surface area (Å²) in [4.78, 5) is 35.9. The lowest BCUT2D eigenvalue weighted by Crippen LogP contribution is -2.36. The minimum atomic E-state index is -0.465. The first kappa shape index (κ1) is 16.9. The van der Waals surface area contributed by atoms with Gasteiger partial charge in [-0.1, -0.05) is 11.6 Å². The second-order valence-corrected chi connectivity index (χ2v) is 4.83. The van der Waals surface area contributed by atoms with Crippen LogP contribution >= 0.6 is 11.6 Å². The lowest BCUT2D eigenvalue weighted by Gasteiger charge is -2.13. The fourth-order valence-corrected chi connectivity index (χ4v) is 1.62. The van der Waals surface area contributed by atoms with Crippen molar-refractivity contribution in [2.24, 2.45) is 5.73 Å². The van der Waals surface area contributed by atoms with Crippen molar-refractivity contribution in [1.29, 1.82) is 0 Å². The molecule has 3 amide bonds. The molecule has 0 aromatic heterocycles. The van der Waals surface area contributed by atoms with Gasteiger partial charge in [0.1, 0.15) is 0 Å². The van der Waals surface area contributed by atoms with Crippen molar-refractivity contribution < 1.29 is 14.4 Å². The van der Waals surface area contributed by atoms with Gasteiger partial charge < -0.3 is 21.3 Å². The highest BCUT2D eigenvalue weighted by molar-refractivity contribution is 6.34. The minimum Gasteiger partial charge on any atom is -0.346 e. The fourth-order valence-electron chi connectivity index (χ4n) is 1.46. The van der Waals surface area contributed by atoms with Crippen LogP contribution in [-0.2, 0) is 9.59 Å². The monoisotopic (exact) mass is 312 g/mol. The number of hydrogen-bond acceptors (Lipinski definition) is 4. The van der Waals surface area contributed by atoms with E-state index in [1.54, 1.807) is 20.2 Å². The topological polar surface area (TPSA) is 105 Å². The Morgan fingerprint density at radius 1 is 1.24 bits per heavy atom. The van der Waals surface area contributed by atoms with Gasteiger partial charge in [-0.25, -0.2) is 0 Å². The van der Waals surface area contributed by atoms with E-state index < -0.39 is 11.8 Å². The summed E-state index contributed by atoms with van der Waals surface area (Å²) in [5.41, 5.74) is 5.81. The summed E-state index contributed by atoms with van der Waals surface area (Å²) in [6.07, 6.45) is 0. The number of rotatable bonds is 5. The second-order valence-electron chi connectivity index (χ2n) is 4.42. The van der Waals surface area contributed by atoms with Crippen LogP contribution in [0, 0.1) is 0 Å². The third-order valence-electron chi connectivity index (χ3n) is 2.53. The number of nitrogens with two attached hydrogens (primary N) is 1. The Balaban J connectivity index is 2.78. The fraction of sp³-hybridized carbons (Fsp3) is 0.308. The number of amides is 3. The van der Waals surface area contributed by atoms with E-state index >= 15 is 0 Å². The molecule has 0 fully saturated rings. The largest absolute Gasteiger partial charge is 0.346 e. The SMILES string of the molecule is CN(C)C(=O)c1ccc(Cl)c(NC(=O)CNC(=O)CN)c1. The highest BCUT2D eigenvalue weighted by Gasteiger charge is 2.12. The Morgan fingerprint density at radius 3 is 2.48 bits per heavy atom. The number of hydrogen-bond donors (Lipinski definition) is 3. The number of anilines is 1. The van der Waals surface area contributed by atoms with Crippen molar-refractivity contribution in [2.45, 2.75) is 0 Å². The van der Waals surface area contributed by atoms with Crippen LogP contribution in [0.15, 0.2) is 18.2 Å². The summed E-state index contributed by atoms with van der Waals surface area (Å²) in [5.74, 6) is -1.11. The van der Waals surface area contributed by atoms with Crippen molar-refractivity contribution >= 4 is 35.0 Å². The highest BCUT2D eigenvalue weighted by atomic mass is 35.5. The van der Waals surface area contributed by atoms with Crippen LogP contribution in [0.25, 0.3) is 0 Å². The molecule has 0 spiro atoms. The van der Waals surface area contributed by atoms with E-state index in [0.717, 1.165) is 0 Å². The molecule has 21 heavy (non-hydrogen) atoms. The Bertz CT molecular complexity index is 560. The van der Waals surface area contributed by atoms with Gasteiger partial charge in [0, 0.05) is 19.7 Å². The molecule has 0 saturated carbocycles. The first-order valence-corrected chi connectivity index (χ1v) is 6.50. The maximum absolute atomic E-state index is 11.8. The van der Waals surface area contributed by atoms with Crippen LogP contribution in [0.4, 0.5) is 5.69 Å². The number of nitrogens with one attached hydrogen (secondary N) is 2. The predicted octanol–water partition coefficient (Wildman–Crippen LogP) is 0.0552. The lowest BCUT2D eigenvalue weighted by atomic mass is 10.2. The number of carbonyl (C=O) groups excluding carboxylic acids is 3. The van der Waals surface area contributed by atoms with Crippen molar-refractivity contribution in [3.63, 3.8) is 0 Å². The van der Waals surface area contributed by atoms with Gasteiger partial charge in [0.2, 0.25) is 11.8 Å². The van der Waals surface area contributed by atoms with E-state index in [0.29, 0.717) is 16.3 Å². The van der Waals surface area contributed by atoms with Crippen LogP contribution in [0.5, 0.6) is 0 Å². The number of carbonyl (C=O) groups is 3. The molecule has 0 radical (unpaired) electrons. The first-order valence-electron chi connectivity index (χ1n) is 6.13. The summed E-state index contributed by atoms with van der Waals surface area (Å²) < 4.78 is 0. The molecule has 0 aliphatic carbocycles. The van der Waals surface area contributed by atoms with Crippen molar-refractivity contribution in [3.8, 4) is 0 Å². The molecular weight excluding hydrogens is 296 g/mol. The third-order valence-corrected chi connectivity index (χ3v) is 2.85. The molecule has 4 N–H and O–H groups in total. The van der Waals surface area contributed by atoms with Crippen molar-refractivity contribution in [2.75, 3.05) is 32.5 Å². The Hall–Kier alpha value is -2.12. The molecule has 114 valence electrons.